The molecule has 0 bridgehead atoms. The van der Waals surface area contributed by atoms with E-state index in [4.69, 9.17) is 19.6 Å². The van der Waals surface area contributed by atoms with E-state index in [9.17, 15) is 9.13 Å². The highest BCUT2D eigenvalue weighted by molar-refractivity contribution is 7.75. The van der Waals surface area contributed by atoms with Crippen LogP contribution in [0.4, 0.5) is 0 Å². The minimum Gasteiger partial charge on any atom is -0.324 e. The van der Waals surface area contributed by atoms with Crippen LogP contribution in [0.1, 0.15) is 19.8 Å². The van der Waals surface area contributed by atoms with Crippen molar-refractivity contribution in [3.8, 4) is 0 Å². The van der Waals surface area contributed by atoms with Gasteiger partial charge >= 0.3 is 15.2 Å². The maximum atomic E-state index is 10.5. The Bertz CT molecular complexity index is 204. The molecule has 0 aliphatic heterocycles. The molecule has 1 radical (unpaired) electrons. The van der Waals surface area contributed by atoms with Crippen LogP contribution in [0.3, 0.4) is 0 Å². The number of hydrogen-bond acceptors (Lipinski definition) is 2. The van der Waals surface area contributed by atoms with Crippen molar-refractivity contribution < 1.29 is 28.7 Å². The average Bonchev–Trinajstić information content (AvgIpc) is 1.77. The summed E-state index contributed by atoms with van der Waals surface area (Å²) in [6.07, 6.45) is 0.0279. The van der Waals surface area contributed by atoms with Crippen molar-refractivity contribution >= 4 is 15.2 Å². The summed E-state index contributed by atoms with van der Waals surface area (Å²) < 4.78 is 21.1. The molecule has 0 aromatic carbocycles. The van der Waals surface area contributed by atoms with Crippen LogP contribution in [0.15, 0.2) is 0 Å². The molecule has 4 N–H and O–H groups in total. The predicted molar refractivity (Wildman–Crippen MR) is 42.2 cm³/mol. The van der Waals surface area contributed by atoms with E-state index in [0.717, 1.165) is 0 Å². The van der Waals surface area contributed by atoms with Crippen molar-refractivity contribution in [3.63, 3.8) is 0 Å². The molecule has 0 aliphatic rings. The molecule has 0 aromatic rings. The van der Waals surface area contributed by atoms with Gasteiger partial charge in [0.25, 0.3) is 0 Å². The summed E-state index contributed by atoms with van der Waals surface area (Å²) in [6.45, 7) is 1.57. The van der Waals surface area contributed by atoms with Gasteiger partial charge in [-0.25, -0.2) is 0 Å². The SMILES string of the molecule is CCC[C](P(=O)(O)O)P(=O)(O)O. The molecule has 0 saturated heterocycles. The van der Waals surface area contributed by atoms with Crippen LogP contribution in [-0.2, 0) is 9.13 Å². The highest BCUT2D eigenvalue weighted by Crippen LogP contribution is 2.67. The molecule has 0 heterocycles. The Labute approximate surface area is 69.9 Å². The number of hydrogen-bond donors (Lipinski definition) is 4. The minimum absolute atomic E-state index is 0.255. The van der Waals surface area contributed by atoms with Gasteiger partial charge in [0.2, 0.25) is 5.40 Å². The zero-order valence-corrected chi connectivity index (χ0v) is 8.20. The van der Waals surface area contributed by atoms with Gasteiger partial charge in [0, 0.05) is 0 Å². The third-order valence-corrected chi connectivity index (χ3v) is 4.50. The monoisotopic (exact) mass is 217 g/mol. The lowest BCUT2D eigenvalue weighted by Crippen LogP contribution is -1.99. The van der Waals surface area contributed by atoms with E-state index in [-0.39, 0.29) is 12.8 Å². The Morgan fingerprint density at radius 1 is 1.08 bits per heavy atom. The molecule has 0 aromatic heterocycles. The lowest BCUT2D eigenvalue weighted by Gasteiger charge is -2.17. The predicted octanol–water partition coefficient (Wildman–Crippen LogP) is 0.631. The van der Waals surface area contributed by atoms with Gasteiger partial charge in [-0.05, 0) is 6.42 Å². The van der Waals surface area contributed by atoms with Crippen molar-refractivity contribution in [2.75, 3.05) is 0 Å². The summed E-state index contributed by atoms with van der Waals surface area (Å²) in [7, 11) is -9.52. The third-order valence-electron chi connectivity index (χ3n) is 1.15. The van der Waals surface area contributed by atoms with Crippen molar-refractivity contribution in [1.82, 2.24) is 0 Å². The molecule has 6 nitrogen and oxygen atoms in total. The zero-order chi connectivity index (χ0) is 9.99. The van der Waals surface area contributed by atoms with E-state index in [2.05, 4.69) is 0 Å². The topological polar surface area (TPSA) is 115 Å². The second-order valence-electron chi connectivity index (χ2n) is 2.25. The van der Waals surface area contributed by atoms with Gasteiger partial charge in [0.15, 0.2) is 0 Å². The molecular weight excluding hydrogens is 206 g/mol. The van der Waals surface area contributed by atoms with Crippen LogP contribution in [0.25, 0.3) is 0 Å². The summed E-state index contributed by atoms with van der Waals surface area (Å²) in [5.41, 5.74) is 0. The molecule has 0 atom stereocenters. The molecule has 0 fully saturated rings. The molecule has 8 heteroatoms. The Balaban J connectivity index is 4.70. The van der Waals surface area contributed by atoms with Gasteiger partial charge < -0.3 is 19.6 Å². The number of rotatable bonds is 4. The van der Waals surface area contributed by atoms with E-state index >= 15 is 0 Å². The van der Waals surface area contributed by atoms with E-state index in [0.29, 0.717) is 0 Å². The molecule has 0 spiro atoms. The quantitative estimate of drug-likeness (QED) is 0.513. The Morgan fingerprint density at radius 2 is 1.42 bits per heavy atom. The third kappa shape index (κ3) is 3.81. The Hall–Kier alpha value is 0.300. The van der Waals surface area contributed by atoms with Gasteiger partial charge in [-0.2, -0.15) is 0 Å². The van der Waals surface area contributed by atoms with E-state index in [1.165, 1.54) is 0 Å². The van der Waals surface area contributed by atoms with Gasteiger partial charge in [-0.1, -0.05) is 13.3 Å². The average molecular weight is 217 g/mol. The fraction of sp³-hybridized carbons (Fsp3) is 0.750. The molecule has 0 amide bonds. The maximum Gasteiger partial charge on any atom is 0.345 e. The molecule has 73 valence electrons. The van der Waals surface area contributed by atoms with Crippen molar-refractivity contribution in [3.05, 3.63) is 5.40 Å². The molecule has 0 saturated carbocycles. The summed E-state index contributed by atoms with van der Waals surface area (Å²) >= 11 is 0. The maximum absolute atomic E-state index is 10.5. The second-order valence-corrected chi connectivity index (χ2v) is 5.86. The molecule has 12 heavy (non-hydrogen) atoms. The van der Waals surface area contributed by atoms with Gasteiger partial charge in [0.05, 0.1) is 0 Å². The molecule has 0 unspecified atom stereocenters. The van der Waals surface area contributed by atoms with Crippen LogP contribution < -0.4 is 0 Å². The van der Waals surface area contributed by atoms with E-state index < -0.39 is 20.6 Å². The molecule has 0 rings (SSSR count). The molecular formula is C4H11O6P2. The zero-order valence-electron chi connectivity index (χ0n) is 6.41. The largest absolute Gasteiger partial charge is 0.345 e. The van der Waals surface area contributed by atoms with E-state index in [1.54, 1.807) is 6.92 Å². The van der Waals surface area contributed by atoms with Crippen LogP contribution in [0.2, 0.25) is 0 Å². The first-order valence-corrected chi connectivity index (χ1v) is 6.40. The highest BCUT2D eigenvalue weighted by Gasteiger charge is 2.43. The summed E-state index contributed by atoms with van der Waals surface area (Å²) in [4.78, 5) is 34.1. The normalized spacial score (nSPS) is 13.8. The first kappa shape index (κ1) is 12.3. The lowest BCUT2D eigenvalue weighted by molar-refractivity contribution is 0.352. The van der Waals surface area contributed by atoms with Crippen LogP contribution >= 0.6 is 15.2 Å². The fourth-order valence-electron chi connectivity index (χ4n) is 0.685. The highest BCUT2D eigenvalue weighted by atomic mass is 31.2. The van der Waals surface area contributed by atoms with Crippen molar-refractivity contribution in [1.29, 1.82) is 0 Å². The second kappa shape index (κ2) is 4.01. The summed E-state index contributed by atoms with van der Waals surface area (Å²) in [5, 5.41) is -0.975. The Morgan fingerprint density at radius 3 is 1.50 bits per heavy atom. The van der Waals surface area contributed by atoms with Gasteiger partial charge in [-0.3, -0.25) is 9.13 Å². The minimum atomic E-state index is -4.76. The summed E-state index contributed by atoms with van der Waals surface area (Å²) in [6, 6.07) is 0. The lowest BCUT2D eigenvalue weighted by atomic mass is 10.4. The molecule has 0 aliphatic carbocycles. The van der Waals surface area contributed by atoms with Gasteiger partial charge in [0.1, 0.15) is 0 Å². The van der Waals surface area contributed by atoms with Crippen LogP contribution in [0.5, 0.6) is 0 Å². The first-order chi connectivity index (χ1) is 5.19. The summed E-state index contributed by atoms with van der Waals surface area (Å²) in [5.74, 6) is 0. The van der Waals surface area contributed by atoms with Gasteiger partial charge in [-0.15, -0.1) is 0 Å². The fourth-order valence-corrected chi connectivity index (χ4v) is 3.07. The van der Waals surface area contributed by atoms with Crippen molar-refractivity contribution in [2.45, 2.75) is 19.8 Å². The van der Waals surface area contributed by atoms with Crippen LogP contribution in [-0.4, -0.2) is 19.6 Å². The standard InChI is InChI=1S/C4H11O6P2/c1-2-3-4(11(5,6)7)12(8,9)10/h2-3H2,1H3,(H2,5,6,7)(H2,8,9,10). The van der Waals surface area contributed by atoms with E-state index in [1.807, 2.05) is 0 Å². The van der Waals surface area contributed by atoms with Crippen molar-refractivity contribution in [2.24, 2.45) is 0 Å². The smallest absolute Gasteiger partial charge is 0.324 e. The first-order valence-electron chi connectivity index (χ1n) is 3.17. The van der Waals surface area contributed by atoms with Crippen LogP contribution in [0, 0.1) is 5.40 Å². The Kier molecular flexibility index (Phi) is 4.11.